The van der Waals surface area contributed by atoms with E-state index in [0.717, 1.165) is 5.56 Å². The molecule has 0 bridgehead atoms. The molecule has 1 rings (SSSR count). The lowest BCUT2D eigenvalue weighted by molar-refractivity contribution is 0.454. The molecule has 5 heteroatoms. The van der Waals surface area contributed by atoms with E-state index >= 15 is 0 Å². The zero-order valence-corrected chi connectivity index (χ0v) is 8.02. The molecule has 12 heavy (non-hydrogen) atoms. The SMILES string of the molecule is Cc1ccc(OS(=O)(O)=S)cc1. The first kappa shape index (κ1) is 9.44. The zero-order chi connectivity index (χ0) is 9.19. The number of aryl methyl sites for hydroxylation is 1. The van der Waals surface area contributed by atoms with Crippen molar-refractivity contribution in [3.63, 3.8) is 0 Å². The van der Waals surface area contributed by atoms with E-state index in [1.54, 1.807) is 24.3 Å². The topological polar surface area (TPSA) is 46.5 Å². The highest BCUT2D eigenvalue weighted by molar-refractivity contribution is 8.27. The van der Waals surface area contributed by atoms with E-state index in [1.807, 2.05) is 6.92 Å². The lowest BCUT2D eigenvalue weighted by Gasteiger charge is -2.02. The van der Waals surface area contributed by atoms with Crippen molar-refractivity contribution in [3.8, 4) is 5.75 Å². The highest BCUT2D eigenvalue weighted by Crippen LogP contribution is 2.12. The minimum Gasteiger partial charge on any atom is -0.382 e. The maximum atomic E-state index is 10.6. The maximum Gasteiger partial charge on any atom is 0.311 e. The Kier molecular flexibility index (Phi) is 2.66. The van der Waals surface area contributed by atoms with E-state index in [2.05, 4.69) is 15.4 Å². The summed E-state index contributed by atoms with van der Waals surface area (Å²) in [4.78, 5) is 0. The Balaban J connectivity index is 2.85. The second-order valence-corrected chi connectivity index (χ2v) is 4.61. The predicted molar refractivity (Wildman–Crippen MR) is 49.9 cm³/mol. The maximum absolute atomic E-state index is 10.6. The minimum atomic E-state index is -3.56. The minimum absolute atomic E-state index is 0.308. The van der Waals surface area contributed by atoms with Gasteiger partial charge in [-0.15, -0.1) is 0 Å². The van der Waals surface area contributed by atoms with Gasteiger partial charge in [0.1, 0.15) is 5.75 Å². The normalized spacial score (nSPS) is 15.2. The van der Waals surface area contributed by atoms with Gasteiger partial charge in [0.2, 0.25) is 0 Å². The number of rotatable bonds is 2. The second-order valence-electron chi connectivity index (χ2n) is 2.32. The molecule has 0 saturated carbocycles. The van der Waals surface area contributed by atoms with Crippen molar-refractivity contribution < 1.29 is 12.9 Å². The Morgan fingerprint density at radius 1 is 1.42 bits per heavy atom. The van der Waals surface area contributed by atoms with Crippen LogP contribution in [-0.2, 0) is 20.2 Å². The zero-order valence-electron chi connectivity index (χ0n) is 6.39. The fourth-order valence-corrected chi connectivity index (χ4v) is 1.31. The van der Waals surface area contributed by atoms with Crippen LogP contribution in [0.25, 0.3) is 0 Å². The molecule has 0 aliphatic heterocycles. The van der Waals surface area contributed by atoms with Crippen molar-refractivity contribution in [3.05, 3.63) is 29.8 Å². The third-order valence-electron chi connectivity index (χ3n) is 1.22. The van der Waals surface area contributed by atoms with Gasteiger partial charge in [0.25, 0.3) is 0 Å². The first-order valence-electron chi connectivity index (χ1n) is 3.21. The molecule has 0 aliphatic carbocycles. The molecular formula is C7H8O3S2. The van der Waals surface area contributed by atoms with Gasteiger partial charge in [0.15, 0.2) is 0 Å². The van der Waals surface area contributed by atoms with Crippen LogP contribution in [0.4, 0.5) is 0 Å². The summed E-state index contributed by atoms with van der Waals surface area (Å²) < 4.78 is 23.8. The molecular weight excluding hydrogens is 196 g/mol. The Hall–Kier alpha value is -0.650. The predicted octanol–water partition coefficient (Wildman–Crippen LogP) is 1.51. The molecule has 0 radical (unpaired) electrons. The molecule has 0 aliphatic rings. The van der Waals surface area contributed by atoms with Crippen molar-refractivity contribution in [2.45, 2.75) is 6.92 Å². The average Bonchev–Trinajstić information content (AvgIpc) is 1.91. The number of benzene rings is 1. The van der Waals surface area contributed by atoms with E-state index in [4.69, 9.17) is 4.55 Å². The van der Waals surface area contributed by atoms with Crippen LogP contribution in [0.15, 0.2) is 24.3 Å². The smallest absolute Gasteiger partial charge is 0.311 e. The monoisotopic (exact) mass is 204 g/mol. The standard InChI is InChI=1S/C7H8O3S2/c1-6-2-4-7(5-3-6)10-12(8,9)11/h2-5H,1H3,(H,8,9,11). The number of hydrogen-bond acceptors (Lipinski definition) is 3. The molecule has 1 N–H and O–H groups in total. The van der Waals surface area contributed by atoms with Crippen molar-refractivity contribution in [2.75, 3.05) is 0 Å². The average molecular weight is 204 g/mol. The van der Waals surface area contributed by atoms with E-state index in [0.29, 0.717) is 5.75 Å². The summed E-state index contributed by atoms with van der Waals surface area (Å²) in [7, 11) is -3.56. The van der Waals surface area contributed by atoms with Crippen LogP contribution in [0.5, 0.6) is 5.75 Å². The Morgan fingerprint density at radius 2 is 1.92 bits per heavy atom. The first-order valence-corrected chi connectivity index (χ1v) is 5.57. The van der Waals surface area contributed by atoms with Crippen LogP contribution in [0.2, 0.25) is 0 Å². The highest BCUT2D eigenvalue weighted by atomic mass is 32.9. The van der Waals surface area contributed by atoms with Crippen LogP contribution in [0.3, 0.4) is 0 Å². The van der Waals surface area contributed by atoms with E-state index in [9.17, 15) is 4.21 Å². The summed E-state index contributed by atoms with van der Waals surface area (Å²) in [5.41, 5.74) is 1.05. The van der Waals surface area contributed by atoms with Gasteiger partial charge >= 0.3 is 9.05 Å². The van der Waals surface area contributed by atoms with Gasteiger partial charge < -0.3 is 4.18 Å². The highest BCUT2D eigenvalue weighted by Gasteiger charge is 2.00. The number of hydrogen-bond donors (Lipinski definition) is 1. The molecule has 66 valence electrons. The molecule has 0 amide bonds. The summed E-state index contributed by atoms with van der Waals surface area (Å²) in [5, 5.41) is 0. The van der Waals surface area contributed by atoms with Gasteiger partial charge in [-0.1, -0.05) is 17.7 Å². The molecule has 0 spiro atoms. The molecule has 0 aromatic heterocycles. The summed E-state index contributed by atoms with van der Waals surface area (Å²) in [6.45, 7) is 1.91. The molecule has 3 nitrogen and oxygen atoms in total. The van der Waals surface area contributed by atoms with Crippen LogP contribution in [0.1, 0.15) is 5.56 Å². The van der Waals surface area contributed by atoms with Crippen molar-refractivity contribution in [1.29, 1.82) is 0 Å². The molecule has 1 aromatic carbocycles. The first-order chi connectivity index (χ1) is 5.47. The fourth-order valence-electron chi connectivity index (χ4n) is 0.715. The van der Waals surface area contributed by atoms with Crippen LogP contribution < -0.4 is 4.18 Å². The van der Waals surface area contributed by atoms with Crippen LogP contribution in [0, 0.1) is 6.92 Å². The third kappa shape index (κ3) is 3.17. The van der Waals surface area contributed by atoms with Crippen molar-refractivity contribution in [2.24, 2.45) is 0 Å². The Labute approximate surface area is 76.1 Å². The summed E-state index contributed by atoms with van der Waals surface area (Å²) in [6, 6.07) is 6.74. The van der Waals surface area contributed by atoms with Crippen molar-refractivity contribution >= 4 is 20.2 Å². The van der Waals surface area contributed by atoms with Gasteiger partial charge in [0, 0.05) is 0 Å². The lowest BCUT2D eigenvalue weighted by Crippen LogP contribution is -2.04. The summed E-state index contributed by atoms with van der Waals surface area (Å²) in [5.74, 6) is 0.308. The summed E-state index contributed by atoms with van der Waals surface area (Å²) in [6.07, 6.45) is 0. The second kappa shape index (κ2) is 3.38. The van der Waals surface area contributed by atoms with E-state index in [1.165, 1.54) is 0 Å². The molecule has 1 unspecified atom stereocenters. The van der Waals surface area contributed by atoms with Crippen LogP contribution >= 0.6 is 0 Å². The third-order valence-corrected chi connectivity index (χ3v) is 1.83. The molecule has 0 fully saturated rings. The largest absolute Gasteiger partial charge is 0.382 e. The lowest BCUT2D eigenvalue weighted by atomic mass is 10.2. The van der Waals surface area contributed by atoms with Gasteiger partial charge in [-0.25, -0.2) is 0 Å². The Morgan fingerprint density at radius 3 is 2.33 bits per heavy atom. The fraction of sp³-hybridized carbons (Fsp3) is 0.143. The van der Waals surface area contributed by atoms with E-state index < -0.39 is 9.05 Å². The molecule has 0 saturated heterocycles. The van der Waals surface area contributed by atoms with Gasteiger partial charge in [0.05, 0.1) is 11.2 Å². The van der Waals surface area contributed by atoms with Gasteiger partial charge in [-0.2, -0.15) is 4.21 Å². The van der Waals surface area contributed by atoms with Crippen LogP contribution in [-0.4, -0.2) is 8.76 Å². The van der Waals surface area contributed by atoms with Gasteiger partial charge in [-0.05, 0) is 19.1 Å². The summed E-state index contributed by atoms with van der Waals surface area (Å²) >= 11 is 4.16. The van der Waals surface area contributed by atoms with Crippen molar-refractivity contribution in [1.82, 2.24) is 0 Å². The molecule has 0 heterocycles. The van der Waals surface area contributed by atoms with Gasteiger partial charge in [-0.3, -0.25) is 4.55 Å². The molecule has 1 aromatic rings. The quantitative estimate of drug-likeness (QED) is 0.793. The Bertz CT molecular complexity index is 353. The molecule has 1 atom stereocenters. The van der Waals surface area contributed by atoms with E-state index in [-0.39, 0.29) is 0 Å².